The molecule has 0 radical (unpaired) electrons. The maximum absolute atomic E-state index is 12.3. The first kappa shape index (κ1) is 15.2. The van der Waals surface area contributed by atoms with Crippen LogP contribution in [0.2, 0.25) is 0 Å². The number of hydrogen-bond donors (Lipinski definition) is 2. The molecule has 0 atom stereocenters. The molecule has 0 saturated carbocycles. The highest BCUT2D eigenvalue weighted by Gasteiger charge is 2.10. The smallest absolute Gasteiger partial charge is 0.252 e. The summed E-state index contributed by atoms with van der Waals surface area (Å²) in [4.78, 5) is 16.6. The van der Waals surface area contributed by atoms with E-state index in [1.165, 1.54) is 0 Å². The van der Waals surface area contributed by atoms with E-state index in [1.54, 1.807) is 17.4 Å². The van der Waals surface area contributed by atoms with Crippen molar-refractivity contribution < 1.29 is 4.79 Å². The Hall–Kier alpha value is -2.16. The molecule has 21 heavy (non-hydrogen) atoms. The standard InChI is InChI=1S/C16H17N3OS/c1-11-5-6-15(13(8-11)4-3-7-17)16(20)18-9-14-10-21-12(2)19-14/h5-6,8,10H,7,9,17H2,1-2H3,(H,18,20). The number of hydrogen-bond acceptors (Lipinski definition) is 4. The van der Waals surface area contributed by atoms with Crippen molar-refractivity contribution in [2.45, 2.75) is 20.4 Å². The highest BCUT2D eigenvalue weighted by molar-refractivity contribution is 7.09. The second kappa shape index (κ2) is 7.02. The van der Waals surface area contributed by atoms with E-state index >= 15 is 0 Å². The zero-order chi connectivity index (χ0) is 15.2. The molecule has 0 aliphatic heterocycles. The summed E-state index contributed by atoms with van der Waals surface area (Å²) >= 11 is 1.57. The lowest BCUT2D eigenvalue weighted by molar-refractivity contribution is 0.0950. The maximum atomic E-state index is 12.3. The molecule has 0 spiro atoms. The lowest BCUT2D eigenvalue weighted by Crippen LogP contribution is -2.24. The molecular formula is C16H17N3OS. The van der Waals surface area contributed by atoms with Gasteiger partial charge in [-0.25, -0.2) is 4.98 Å². The van der Waals surface area contributed by atoms with E-state index in [0.29, 0.717) is 17.7 Å². The van der Waals surface area contributed by atoms with Gasteiger partial charge in [-0.2, -0.15) is 0 Å². The van der Waals surface area contributed by atoms with E-state index in [9.17, 15) is 4.79 Å². The second-order valence-corrected chi connectivity index (χ2v) is 5.66. The molecule has 0 aliphatic carbocycles. The van der Waals surface area contributed by atoms with Gasteiger partial charge in [-0.1, -0.05) is 17.9 Å². The number of aromatic nitrogens is 1. The van der Waals surface area contributed by atoms with Crippen LogP contribution in [0.3, 0.4) is 0 Å². The van der Waals surface area contributed by atoms with E-state index in [2.05, 4.69) is 22.1 Å². The summed E-state index contributed by atoms with van der Waals surface area (Å²) in [5.74, 6) is 5.59. The summed E-state index contributed by atoms with van der Waals surface area (Å²) in [6.45, 7) is 4.59. The fourth-order valence-electron chi connectivity index (χ4n) is 1.86. The van der Waals surface area contributed by atoms with Crippen LogP contribution in [0.15, 0.2) is 23.6 Å². The molecule has 1 aromatic carbocycles. The van der Waals surface area contributed by atoms with Crippen molar-refractivity contribution in [3.8, 4) is 11.8 Å². The lowest BCUT2D eigenvalue weighted by Gasteiger charge is -2.07. The highest BCUT2D eigenvalue weighted by Crippen LogP contribution is 2.12. The molecule has 108 valence electrons. The van der Waals surface area contributed by atoms with Gasteiger partial charge in [-0.15, -0.1) is 11.3 Å². The molecule has 1 amide bonds. The van der Waals surface area contributed by atoms with E-state index < -0.39 is 0 Å². The Morgan fingerprint density at radius 3 is 2.90 bits per heavy atom. The van der Waals surface area contributed by atoms with E-state index in [-0.39, 0.29) is 12.5 Å². The van der Waals surface area contributed by atoms with Gasteiger partial charge in [0.1, 0.15) is 0 Å². The predicted octanol–water partition coefficient (Wildman–Crippen LogP) is 2.00. The Bertz CT molecular complexity index is 710. The van der Waals surface area contributed by atoms with Gasteiger partial charge >= 0.3 is 0 Å². The van der Waals surface area contributed by atoms with E-state index in [4.69, 9.17) is 5.73 Å². The van der Waals surface area contributed by atoms with Gasteiger partial charge in [-0.05, 0) is 31.5 Å². The lowest BCUT2D eigenvalue weighted by atomic mass is 10.0. The zero-order valence-corrected chi connectivity index (χ0v) is 12.9. The van der Waals surface area contributed by atoms with Gasteiger partial charge in [0.2, 0.25) is 0 Å². The molecular weight excluding hydrogens is 282 g/mol. The summed E-state index contributed by atoms with van der Waals surface area (Å²) in [5, 5.41) is 5.81. The average Bonchev–Trinajstić information content (AvgIpc) is 2.88. The van der Waals surface area contributed by atoms with Crippen molar-refractivity contribution in [2.24, 2.45) is 5.73 Å². The summed E-state index contributed by atoms with van der Waals surface area (Å²) in [6.07, 6.45) is 0. The van der Waals surface area contributed by atoms with Crippen LogP contribution in [0.4, 0.5) is 0 Å². The monoisotopic (exact) mass is 299 g/mol. The number of thiazole rings is 1. The molecule has 0 aliphatic rings. The van der Waals surface area contributed by atoms with E-state index in [1.807, 2.05) is 31.4 Å². The maximum Gasteiger partial charge on any atom is 0.252 e. The first-order valence-corrected chi connectivity index (χ1v) is 7.47. The fourth-order valence-corrected chi connectivity index (χ4v) is 2.47. The third-order valence-corrected chi connectivity index (χ3v) is 3.66. The molecule has 0 saturated heterocycles. The number of carbonyl (C=O) groups excluding carboxylic acids is 1. The first-order valence-electron chi connectivity index (χ1n) is 6.59. The summed E-state index contributed by atoms with van der Waals surface area (Å²) in [5.41, 5.74) is 8.59. The summed E-state index contributed by atoms with van der Waals surface area (Å²) in [6, 6.07) is 5.58. The van der Waals surface area contributed by atoms with Crippen molar-refractivity contribution in [3.63, 3.8) is 0 Å². The topological polar surface area (TPSA) is 68.0 Å². The highest BCUT2D eigenvalue weighted by atomic mass is 32.1. The van der Waals surface area contributed by atoms with Crippen molar-refractivity contribution in [1.29, 1.82) is 0 Å². The Morgan fingerprint density at radius 1 is 1.43 bits per heavy atom. The quantitative estimate of drug-likeness (QED) is 0.852. The van der Waals surface area contributed by atoms with Crippen molar-refractivity contribution in [2.75, 3.05) is 6.54 Å². The van der Waals surface area contributed by atoms with Crippen molar-refractivity contribution in [3.05, 3.63) is 51.0 Å². The minimum Gasteiger partial charge on any atom is -0.346 e. The number of nitrogens with one attached hydrogen (secondary N) is 1. The number of amides is 1. The van der Waals surface area contributed by atoms with Crippen LogP contribution >= 0.6 is 11.3 Å². The largest absolute Gasteiger partial charge is 0.346 e. The average molecular weight is 299 g/mol. The van der Waals surface area contributed by atoms with E-state index in [0.717, 1.165) is 16.3 Å². The van der Waals surface area contributed by atoms with Crippen LogP contribution in [-0.2, 0) is 6.54 Å². The second-order valence-electron chi connectivity index (χ2n) is 4.60. The number of rotatable bonds is 3. The predicted molar refractivity (Wildman–Crippen MR) is 85.1 cm³/mol. The van der Waals surface area contributed by atoms with Crippen LogP contribution in [0.25, 0.3) is 0 Å². The van der Waals surface area contributed by atoms with Crippen LogP contribution < -0.4 is 11.1 Å². The molecule has 1 aromatic heterocycles. The minimum absolute atomic E-state index is 0.151. The molecule has 0 unspecified atom stereocenters. The van der Waals surface area contributed by atoms with Crippen LogP contribution in [-0.4, -0.2) is 17.4 Å². The van der Waals surface area contributed by atoms with Gasteiger partial charge in [0.25, 0.3) is 5.91 Å². The Kier molecular flexibility index (Phi) is 5.09. The Balaban J connectivity index is 2.14. The summed E-state index contributed by atoms with van der Waals surface area (Å²) < 4.78 is 0. The zero-order valence-electron chi connectivity index (χ0n) is 12.1. The van der Waals surface area contributed by atoms with Crippen LogP contribution in [0.1, 0.15) is 32.2 Å². The number of nitrogens with zero attached hydrogens (tertiary/aromatic N) is 1. The number of benzene rings is 1. The van der Waals surface area contributed by atoms with Crippen LogP contribution in [0, 0.1) is 25.7 Å². The first-order chi connectivity index (χ1) is 10.1. The molecule has 4 nitrogen and oxygen atoms in total. The van der Waals surface area contributed by atoms with Crippen LogP contribution in [0.5, 0.6) is 0 Å². The molecule has 1 heterocycles. The van der Waals surface area contributed by atoms with Crippen molar-refractivity contribution >= 4 is 17.2 Å². The molecule has 3 N–H and O–H groups in total. The molecule has 2 aromatic rings. The number of nitrogens with two attached hydrogens (primary N) is 1. The molecule has 2 rings (SSSR count). The van der Waals surface area contributed by atoms with Gasteiger partial charge in [-0.3, -0.25) is 4.79 Å². The van der Waals surface area contributed by atoms with Gasteiger partial charge < -0.3 is 11.1 Å². The molecule has 0 fully saturated rings. The van der Waals surface area contributed by atoms with Crippen molar-refractivity contribution in [1.82, 2.24) is 10.3 Å². The number of carbonyl (C=O) groups is 1. The normalized spacial score (nSPS) is 9.86. The SMILES string of the molecule is Cc1ccc(C(=O)NCc2csc(C)n2)c(C#CCN)c1. The number of aryl methyl sites for hydroxylation is 2. The fraction of sp³-hybridized carbons (Fsp3) is 0.250. The van der Waals surface area contributed by atoms with Gasteiger partial charge in [0, 0.05) is 10.9 Å². The third kappa shape index (κ3) is 4.15. The Labute approximate surface area is 128 Å². The Morgan fingerprint density at radius 2 is 2.24 bits per heavy atom. The van der Waals surface area contributed by atoms with Gasteiger partial charge in [0.15, 0.2) is 0 Å². The molecule has 0 bridgehead atoms. The third-order valence-electron chi connectivity index (χ3n) is 2.84. The van der Waals surface area contributed by atoms with Gasteiger partial charge in [0.05, 0.1) is 29.4 Å². The minimum atomic E-state index is -0.151. The summed E-state index contributed by atoms with van der Waals surface area (Å²) in [7, 11) is 0. The molecule has 5 heteroatoms.